The van der Waals surface area contributed by atoms with Crippen molar-refractivity contribution in [2.24, 2.45) is 0 Å². The number of nitrogens with zero attached hydrogens (tertiary/aromatic N) is 1. The van der Waals surface area contributed by atoms with Crippen LogP contribution in [0.5, 0.6) is 0 Å². The highest BCUT2D eigenvalue weighted by atomic mass is 79.9. The predicted octanol–water partition coefficient (Wildman–Crippen LogP) is 2.84. The van der Waals surface area contributed by atoms with Crippen LogP contribution in [0.2, 0.25) is 0 Å². The van der Waals surface area contributed by atoms with Crippen LogP contribution in [0.1, 0.15) is 25.3 Å². The second kappa shape index (κ2) is 5.88. The van der Waals surface area contributed by atoms with Gasteiger partial charge in [-0.05, 0) is 24.1 Å². The van der Waals surface area contributed by atoms with Crippen LogP contribution < -0.4 is 0 Å². The number of carbonyl (C=O) groups is 1. The Labute approximate surface area is 122 Å². The summed E-state index contributed by atoms with van der Waals surface area (Å²) in [7, 11) is 0. The van der Waals surface area contributed by atoms with Crippen molar-refractivity contribution in [3.8, 4) is 0 Å². The Morgan fingerprint density at radius 3 is 2.79 bits per heavy atom. The predicted molar refractivity (Wildman–Crippen MR) is 79.6 cm³/mol. The number of amides is 1. The zero-order valence-corrected chi connectivity index (χ0v) is 12.6. The Morgan fingerprint density at radius 2 is 2.16 bits per heavy atom. The minimum atomic E-state index is -0.661. The Kier molecular flexibility index (Phi) is 4.42. The van der Waals surface area contributed by atoms with E-state index in [-0.39, 0.29) is 5.91 Å². The molecule has 0 radical (unpaired) electrons. The third-order valence-corrected chi connectivity index (χ3v) is 4.03. The molecule has 0 spiro atoms. The lowest BCUT2D eigenvalue weighted by molar-refractivity contribution is -0.151. The van der Waals surface area contributed by atoms with E-state index >= 15 is 0 Å². The largest absolute Gasteiger partial charge is 0.386 e. The quantitative estimate of drug-likeness (QED) is 0.865. The summed E-state index contributed by atoms with van der Waals surface area (Å²) < 4.78 is 0.963. The van der Waals surface area contributed by atoms with Crippen molar-refractivity contribution < 1.29 is 9.90 Å². The fraction of sp³-hybridized carbons (Fsp3) is 0.400. The monoisotopic (exact) mass is 323 g/mol. The molecule has 0 aliphatic carbocycles. The van der Waals surface area contributed by atoms with Crippen LogP contribution in [-0.2, 0) is 4.79 Å². The van der Waals surface area contributed by atoms with Gasteiger partial charge in [0.25, 0.3) is 0 Å². The first-order chi connectivity index (χ1) is 9.04. The number of β-amino-alcohol motifs (C(OH)–C–C–N with tert-alkyl or cyclic N) is 1. The Hall–Kier alpha value is -1.13. The molecule has 0 atom stereocenters. The zero-order chi connectivity index (χ0) is 13.9. The van der Waals surface area contributed by atoms with E-state index in [0.717, 1.165) is 22.9 Å². The van der Waals surface area contributed by atoms with Crippen molar-refractivity contribution >= 4 is 27.9 Å². The summed E-state index contributed by atoms with van der Waals surface area (Å²) in [6.45, 7) is 2.93. The molecule has 1 aromatic rings. The number of carbonyl (C=O) groups excluding carboxylic acids is 1. The number of hydrogen-bond donors (Lipinski definition) is 1. The molecule has 4 heteroatoms. The maximum absolute atomic E-state index is 11.9. The Bertz CT molecular complexity index is 493. The summed E-state index contributed by atoms with van der Waals surface area (Å²) in [6.07, 6.45) is 5.05. The van der Waals surface area contributed by atoms with Gasteiger partial charge < -0.3 is 10.0 Å². The van der Waals surface area contributed by atoms with Crippen LogP contribution in [-0.4, -0.2) is 34.6 Å². The smallest absolute Gasteiger partial charge is 0.246 e. The first-order valence-electron chi connectivity index (χ1n) is 6.48. The second-order valence-corrected chi connectivity index (χ2v) is 5.88. The first-order valence-corrected chi connectivity index (χ1v) is 7.27. The molecule has 0 saturated carbocycles. The van der Waals surface area contributed by atoms with Crippen molar-refractivity contribution in [1.82, 2.24) is 4.90 Å². The van der Waals surface area contributed by atoms with Gasteiger partial charge in [-0.15, -0.1) is 0 Å². The SMILES string of the molecule is CCCC1(O)CN(C(=O)C=Cc2ccccc2Br)C1. The van der Waals surface area contributed by atoms with Crippen molar-refractivity contribution in [2.75, 3.05) is 13.1 Å². The standard InChI is InChI=1S/C15H18BrNO2/c1-2-9-15(19)10-17(11-15)14(18)8-7-12-5-3-4-6-13(12)16/h3-8,19H,2,9-11H2,1H3. The molecule has 102 valence electrons. The average Bonchev–Trinajstić information content (AvgIpc) is 2.35. The third-order valence-electron chi connectivity index (χ3n) is 3.31. The lowest BCUT2D eigenvalue weighted by Gasteiger charge is -2.46. The maximum Gasteiger partial charge on any atom is 0.246 e. The van der Waals surface area contributed by atoms with Crippen LogP contribution in [0.15, 0.2) is 34.8 Å². The van der Waals surface area contributed by atoms with E-state index in [4.69, 9.17) is 0 Å². The van der Waals surface area contributed by atoms with Crippen molar-refractivity contribution in [2.45, 2.75) is 25.4 Å². The van der Waals surface area contributed by atoms with E-state index in [1.165, 1.54) is 0 Å². The zero-order valence-electron chi connectivity index (χ0n) is 11.0. The molecule has 1 amide bonds. The van der Waals surface area contributed by atoms with Gasteiger partial charge in [-0.2, -0.15) is 0 Å². The van der Waals surface area contributed by atoms with Gasteiger partial charge in [0.1, 0.15) is 0 Å². The molecule has 1 heterocycles. The first kappa shape index (κ1) is 14.3. The number of halogens is 1. The molecule has 1 aliphatic heterocycles. The summed E-state index contributed by atoms with van der Waals surface area (Å²) in [5.74, 6) is -0.0449. The maximum atomic E-state index is 11.9. The van der Waals surface area contributed by atoms with Gasteiger partial charge in [-0.1, -0.05) is 47.5 Å². The molecule has 3 nitrogen and oxygen atoms in total. The van der Waals surface area contributed by atoms with Crippen molar-refractivity contribution in [3.05, 3.63) is 40.4 Å². The summed E-state index contributed by atoms with van der Waals surface area (Å²) in [6, 6.07) is 7.74. The van der Waals surface area contributed by atoms with Gasteiger partial charge in [0.2, 0.25) is 5.91 Å². The lowest BCUT2D eigenvalue weighted by atomic mass is 9.89. The topological polar surface area (TPSA) is 40.5 Å². The number of hydrogen-bond acceptors (Lipinski definition) is 2. The molecule has 0 aromatic heterocycles. The highest BCUT2D eigenvalue weighted by Crippen LogP contribution is 2.26. The summed E-state index contributed by atoms with van der Waals surface area (Å²) >= 11 is 3.44. The molecule has 1 aromatic carbocycles. The molecule has 1 N–H and O–H groups in total. The van der Waals surface area contributed by atoms with Gasteiger partial charge in [0.15, 0.2) is 0 Å². The van der Waals surface area contributed by atoms with Gasteiger partial charge in [0, 0.05) is 10.5 Å². The molecule has 1 aliphatic rings. The number of rotatable bonds is 4. The lowest BCUT2D eigenvalue weighted by Crippen LogP contribution is -2.63. The molecule has 1 saturated heterocycles. The molecule has 19 heavy (non-hydrogen) atoms. The highest BCUT2D eigenvalue weighted by molar-refractivity contribution is 9.10. The molecule has 1 fully saturated rings. The van der Waals surface area contributed by atoms with Gasteiger partial charge in [0.05, 0.1) is 18.7 Å². The van der Waals surface area contributed by atoms with Crippen LogP contribution in [0.25, 0.3) is 6.08 Å². The fourth-order valence-electron chi connectivity index (χ4n) is 2.32. The number of likely N-dealkylation sites (tertiary alicyclic amines) is 1. The van der Waals surface area contributed by atoms with Gasteiger partial charge >= 0.3 is 0 Å². The van der Waals surface area contributed by atoms with E-state index in [1.807, 2.05) is 31.2 Å². The fourth-order valence-corrected chi connectivity index (χ4v) is 2.74. The van der Waals surface area contributed by atoms with E-state index in [2.05, 4.69) is 15.9 Å². The van der Waals surface area contributed by atoms with Crippen LogP contribution in [0, 0.1) is 0 Å². The number of benzene rings is 1. The van der Waals surface area contributed by atoms with Crippen LogP contribution in [0.4, 0.5) is 0 Å². The summed E-state index contributed by atoms with van der Waals surface area (Å²) in [4.78, 5) is 13.6. The third kappa shape index (κ3) is 3.45. The molecular formula is C15H18BrNO2. The Balaban J connectivity index is 1.91. The molecule has 2 rings (SSSR count). The minimum Gasteiger partial charge on any atom is -0.386 e. The molecule has 0 unspecified atom stereocenters. The van der Waals surface area contributed by atoms with E-state index in [1.54, 1.807) is 17.1 Å². The highest BCUT2D eigenvalue weighted by Gasteiger charge is 2.41. The Morgan fingerprint density at radius 1 is 1.47 bits per heavy atom. The second-order valence-electron chi connectivity index (χ2n) is 5.02. The summed E-state index contributed by atoms with van der Waals surface area (Å²) in [5, 5.41) is 10.0. The van der Waals surface area contributed by atoms with E-state index in [0.29, 0.717) is 13.1 Å². The van der Waals surface area contributed by atoms with E-state index in [9.17, 15) is 9.90 Å². The molecular weight excluding hydrogens is 306 g/mol. The van der Waals surface area contributed by atoms with Gasteiger partial charge in [-0.3, -0.25) is 4.79 Å². The van der Waals surface area contributed by atoms with Gasteiger partial charge in [-0.25, -0.2) is 0 Å². The number of aliphatic hydroxyl groups is 1. The van der Waals surface area contributed by atoms with Crippen LogP contribution in [0.3, 0.4) is 0 Å². The summed E-state index contributed by atoms with van der Waals surface area (Å²) in [5.41, 5.74) is 0.311. The van der Waals surface area contributed by atoms with Crippen molar-refractivity contribution in [3.63, 3.8) is 0 Å². The normalized spacial score (nSPS) is 17.5. The molecule has 0 bridgehead atoms. The van der Waals surface area contributed by atoms with Crippen LogP contribution >= 0.6 is 15.9 Å². The minimum absolute atomic E-state index is 0.0449. The average molecular weight is 324 g/mol. The van der Waals surface area contributed by atoms with E-state index < -0.39 is 5.60 Å². The van der Waals surface area contributed by atoms with Crippen molar-refractivity contribution in [1.29, 1.82) is 0 Å².